The van der Waals surface area contributed by atoms with Crippen molar-refractivity contribution in [2.75, 3.05) is 13.7 Å². The molecular formula is C24H26ClNO4. The highest BCUT2D eigenvalue weighted by Gasteiger charge is 2.44. The fraction of sp³-hybridized carbons (Fsp3) is 0.417. The first kappa shape index (κ1) is 20.9. The smallest absolute Gasteiger partial charge is 0.417 e. The Bertz CT molecular complexity index is 891. The zero-order valence-corrected chi connectivity index (χ0v) is 17.8. The van der Waals surface area contributed by atoms with E-state index in [0.29, 0.717) is 5.02 Å². The van der Waals surface area contributed by atoms with E-state index >= 15 is 0 Å². The first-order chi connectivity index (χ1) is 14.5. The fourth-order valence-electron chi connectivity index (χ4n) is 4.74. The second kappa shape index (κ2) is 8.78. The van der Waals surface area contributed by atoms with Crippen molar-refractivity contribution in [3.05, 3.63) is 70.7 Å². The predicted molar refractivity (Wildman–Crippen MR) is 114 cm³/mol. The highest BCUT2D eigenvalue weighted by Crippen LogP contribution is 2.44. The molecule has 0 bridgehead atoms. The Morgan fingerprint density at radius 1 is 1.13 bits per heavy atom. The molecule has 158 valence electrons. The maximum Gasteiger partial charge on any atom is 0.417 e. The lowest BCUT2D eigenvalue weighted by Gasteiger charge is -2.40. The van der Waals surface area contributed by atoms with Gasteiger partial charge in [-0.15, -0.1) is 0 Å². The third kappa shape index (κ3) is 4.09. The van der Waals surface area contributed by atoms with Gasteiger partial charge in [-0.25, -0.2) is 9.69 Å². The molecule has 0 spiro atoms. The maximum atomic E-state index is 13.5. The molecular weight excluding hydrogens is 402 g/mol. The van der Waals surface area contributed by atoms with Crippen molar-refractivity contribution in [3.8, 4) is 0 Å². The molecule has 0 radical (unpaired) electrons. The van der Waals surface area contributed by atoms with Gasteiger partial charge in [0.25, 0.3) is 0 Å². The number of hydrogen-bond acceptors (Lipinski definition) is 4. The quantitative estimate of drug-likeness (QED) is 0.651. The Morgan fingerprint density at radius 3 is 2.43 bits per heavy atom. The highest BCUT2D eigenvalue weighted by molar-refractivity contribution is 6.30. The SMILES string of the molecule is COC1CCC(CC(=O)N2C(=O)OC[C@@H]2c2ccccc2)(c2ccc(Cl)cc2)CC1. The summed E-state index contributed by atoms with van der Waals surface area (Å²) in [5, 5.41) is 0.665. The minimum Gasteiger partial charge on any atom is -0.446 e. The second-order valence-electron chi connectivity index (χ2n) is 8.17. The van der Waals surface area contributed by atoms with E-state index in [4.69, 9.17) is 21.1 Å². The summed E-state index contributed by atoms with van der Waals surface area (Å²) in [5.74, 6) is -0.197. The molecule has 1 aliphatic carbocycles. The van der Waals surface area contributed by atoms with Gasteiger partial charge in [0, 0.05) is 24.0 Å². The molecule has 2 aromatic rings. The predicted octanol–water partition coefficient (Wildman–Crippen LogP) is 5.28. The van der Waals surface area contributed by atoms with Crippen LogP contribution in [0, 0.1) is 0 Å². The van der Waals surface area contributed by atoms with Gasteiger partial charge in [0.15, 0.2) is 0 Å². The van der Waals surface area contributed by atoms with Gasteiger partial charge in [0.05, 0.1) is 6.10 Å². The zero-order valence-electron chi connectivity index (χ0n) is 17.1. The van der Waals surface area contributed by atoms with Gasteiger partial charge in [0.2, 0.25) is 5.91 Å². The van der Waals surface area contributed by atoms with Gasteiger partial charge in [0.1, 0.15) is 12.6 Å². The zero-order chi connectivity index (χ0) is 21.1. The molecule has 1 aliphatic heterocycles. The number of hydrogen-bond donors (Lipinski definition) is 0. The molecule has 4 rings (SSSR count). The number of halogens is 1. The first-order valence-corrected chi connectivity index (χ1v) is 10.7. The van der Waals surface area contributed by atoms with Crippen molar-refractivity contribution in [2.24, 2.45) is 0 Å². The molecule has 2 amide bonds. The summed E-state index contributed by atoms with van der Waals surface area (Å²) < 4.78 is 10.8. The summed E-state index contributed by atoms with van der Waals surface area (Å²) in [5.41, 5.74) is 1.64. The Morgan fingerprint density at radius 2 is 1.80 bits per heavy atom. The lowest BCUT2D eigenvalue weighted by Crippen LogP contribution is -2.42. The summed E-state index contributed by atoms with van der Waals surface area (Å²) in [6.45, 7) is 0.189. The van der Waals surface area contributed by atoms with Crippen LogP contribution in [0.15, 0.2) is 54.6 Å². The Hall–Kier alpha value is -2.37. The van der Waals surface area contributed by atoms with Crippen LogP contribution in [0.4, 0.5) is 4.79 Å². The third-order valence-electron chi connectivity index (χ3n) is 6.50. The molecule has 1 saturated heterocycles. The van der Waals surface area contributed by atoms with E-state index in [1.54, 1.807) is 7.11 Å². The van der Waals surface area contributed by atoms with Gasteiger partial charge in [-0.2, -0.15) is 0 Å². The Kier molecular flexibility index (Phi) is 6.11. The summed E-state index contributed by atoms with van der Waals surface area (Å²) in [4.78, 5) is 27.2. The Balaban J connectivity index is 1.61. The number of amides is 2. The molecule has 5 nitrogen and oxygen atoms in total. The van der Waals surface area contributed by atoms with Crippen molar-refractivity contribution < 1.29 is 19.1 Å². The molecule has 1 heterocycles. The largest absolute Gasteiger partial charge is 0.446 e. The number of benzene rings is 2. The van der Waals surface area contributed by atoms with E-state index in [0.717, 1.165) is 36.8 Å². The number of cyclic esters (lactones) is 1. The minimum atomic E-state index is -0.564. The van der Waals surface area contributed by atoms with Crippen LogP contribution in [0.2, 0.25) is 5.02 Å². The summed E-state index contributed by atoms with van der Waals surface area (Å²) >= 11 is 6.10. The van der Waals surface area contributed by atoms with E-state index in [1.165, 1.54) is 4.90 Å². The van der Waals surface area contributed by atoms with E-state index < -0.39 is 6.09 Å². The van der Waals surface area contributed by atoms with Gasteiger partial charge in [-0.1, -0.05) is 54.1 Å². The molecule has 30 heavy (non-hydrogen) atoms. The van der Waals surface area contributed by atoms with Crippen LogP contribution >= 0.6 is 11.6 Å². The van der Waals surface area contributed by atoms with Crippen LogP contribution in [-0.2, 0) is 19.7 Å². The fourth-order valence-corrected chi connectivity index (χ4v) is 4.87. The topological polar surface area (TPSA) is 55.8 Å². The number of carbonyl (C=O) groups is 2. The van der Waals surface area contributed by atoms with Gasteiger partial charge < -0.3 is 9.47 Å². The van der Waals surface area contributed by atoms with Crippen molar-refractivity contribution >= 4 is 23.6 Å². The van der Waals surface area contributed by atoms with E-state index in [1.807, 2.05) is 54.6 Å². The van der Waals surface area contributed by atoms with E-state index in [9.17, 15) is 9.59 Å². The number of rotatable bonds is 5. The number of carbonyl (C=O) groups excluding carboxylic acids is 2. The van der Waals surface area contributed by atoms with Crippen LogP contribution in [0.3, 0.4) is 0 Å². The van der Waals surface area contributed by atoms with Crippen molar-refractivity contribution in [3.63, 3.8) is 0 Å². The molecule has 2 fully saturated rings. The molecule has 0 N–H and O–H groups in total. The van der Waals surface area contributed by atoms with Crippen LogP contribution in [-0.4, -0.2) is 36.7 Å². The van der Waals surface area contributed by atoms with Gasteiger partial charge >= 0.3 is 6.09 Å². The van der Waals surface area contributed by atoms with Crippen molar-refractivity contribution in [1.29, 1.82) is 0 Å². The Labute approximate surface area is 181 Å². The van der Waals surface area contributed by atoms with Crippen LogP contribution in [0.5, 0.6) is 0 Å². The summed E-state index contributed by atoms with van der Waals surface area (Å²) in [7, 11) is 1.73. The summed E-state index contributed by atoms with van der Waals surface area (Å²) in [6, 6.07) is 16.9. The second-order valence-corrected chi connectivity index (χ2v) is 8.60. The first-order valence-electron chi connectivity index (χ1n) is 10.3. The lowest BCUT2D eigenvalue weighted by atomic mass is 9.66. The highest BCUT2D eigenvalue weighted by atomic mass is 35.5. The summed E-state index contributed by atoms with van der Waals surface area (Å²) in [6.07, 6.45) is 3.27. The van der Waals surface area contributed by atoms with E-state index in [2.05, 4.69) is 0 Å². The average Bonchev–Trinajstić information content (AvgIpc) is 3.17. The third-order valence-corrected chi connectivity index (χ3v) is 6.75. The molecule has 0 unspecified atom stereocenters. The average molecular weight is 428 g/mol. The molecule has 2 aliphatic rings. The molecule has 2 aromatic carbocycles. The lowest BCUT2D eigenvalue weighted by molar-refractivity contribution is -0.131. The number of imide groups is 1. The molecule has 6 heteroatoms. The van der Waals surface area contributed by atoms with Crippen LogP contribution in [0.25, 0.3) is 0 Å². The van der Waals surface area contributed by atoms with Gasteiger partial charge in [-0.3, -0.25) is 4.79 Å². The number of nitrogens with zero attached hydrogens (tertiary/aromatic N) is 1. The molecule has 1 atom stereocenters. The maximum absolute atomic E-state index is 13.5. The standard InChI is InChI=1S/C24H26ClNO4/c1-29-20-11-13-24(14-12-20,18-7-9-19(25)10-8-18)15-22(27)26-21(16-30-23(26)28)17-5-3-2-4-6-17/h2-10,20-21H,11-16H2,1H3/t20?,21-,24?/m1/s1. The van der Waals surface area contributed by atoms with Gasteiger partial charge in [-0.05, 0) is 48.9 Å². The van der Waals surface area contributed by atoms with Crippen molar-refractivity contribution in [1.82, 2.24) is 4.90 Å². The molecule has 0 aromatic heterocycles. The number of methoxy groups -OCH3 is 1. The monoisotopic (exact) mass is 427 g/mol. The van der Waals surface area contributed by atoms with Crippen molar-refractivity contribution in [2.45, 2.75) is 49.7 Å². The van der Waals surface area contributed by atoms with Crippen LogP contribution < -0.4 is 0 Å². The molecule has 1 saturated carbocycles. The minimum absolute atomic E-state index is 0.189. The van der Waals surface area contributed by atoms with E-state index in [-0.39, 0.29) is 36.5 Å². The normalized spacial score (nSPS) is 26.5. The van der Waals surface area contributed by atoms with Crippen LogP contribution in [0.1, 0.15) is 49.3 Å². The number of ether oxygens (including phenoxy) is 2.